The molecule has 4 heteroatoms. The molecule has 0 spiro atoms. The van der Waals surface area contributed by atoms with Crippen LogP contribution in [-0.2, 0) is 6.42 Å². The van der Waals surface area contributed by atoms with Crippen molar-refractivity contribution in [2.24, 2.45) is 11.7 Å². The van der Waals surface area contributed by atoms with E-state index in [9.17, 15) is 9.90 Å². The van der Waals surface area contributed by atoms with Crippen molar-refractivity contribution in [1.82, 2.24) is 0 Å². The summed E-state index contributed by atoms with van der Waals surface area (Å²) in [5, 5.41) is 9.54. The van der Waals surface area contributed by atoms with E-state index in [-0.39, 0.29) is 11.6 Å². The number of aryl methyl sites for hydroxylation is 1. The van der Waals surface area contributed by atoms with Crippen molar-refractivity contribution in [3.05, 3.63) is 28.8 Å². The number of ether oxygens (including phenoxy) is 1. The van der Waals surface area contributed by atoms with Gasteiger partial charge in [0.1, 0.15) is 11.3 Å². The van der Waals surface area contributed by atoms with Gasteiger partial charge in [-0.2, -0.15) is 0 Å². The van der Waals surface area contributed by atoms with Crippen LogP contribution in [0.4, 0.5) is 0 Å². The highest BCUT2D eigenvalue weighted by molar-refractivity contribution is 5.91. The van der Waals surface area contributed by atoms with Gasteiger partial charge in [0.05, 0.1) is 6.61 Å². The van der Waals surface area contributed by atoms with Crippen molar-refractivity contribution in [1.29, 1.82) is 0 Å². The van der Waals surface area contributed by atoms with Gasteiger partial charge in [-0.15, -0.1) is 0 Å². The average Bonchev–Trinajstić information content (AvgIpc) is 2.74. The van der Waals surface area contributed by atoms with E-state index < -0.39 is 5.97 Å². The molecule has 0 heterocycles. The number of hydrogen-bond acceptors (Lipinski definition) is 3. The minimum atomic E-state index is -0.928. The van der Waals surface area contributed by atoms with Crippen LogP contribution in [0.2, 0.25) is 0 Å². The molecule has 126 valence electrons. The van der Waals surface area contributed by atoms with Crippen LogP contribution in [-0.4, -0.2) is 17.7 Å². The summed E-state index contributed by atoms with van der Waals surface area (Å²) in [7, 11) is 0. The Hall–Kier alpha value is -1.55. The Kier molecular flexibility index (Phi) is 5.21. The van der Waals surface area contributed by atoms with E-state index in [1.54, 1.807) is 6.07 Å². The Bertz CT molecular complexity index is 564. The molecule has 1 atom stereocenters. The summed E-state index contributed by atoms with van der Waals surface area (Å²) >= 11 is 0. The third-order valence-electron chi connectivity index (χ3n) is 5.28. The Morgan fingerprint density at radius 2 is 1.87 bits per heavy atom. The van der Waals surface area contributed by atoms with Crippen molar-refractivity contribution < 1.29 is 14.6 Å². The van der Waals surface area contributed by atoms with Gasteiger partial charge in [-0.3, -0.25) is 0 Å². The lowest BCUT2D eigenvalue weighted by molar-refractivity contribution is 0.0690. The molecule has 4 nitrogen and oxygen atoms in total. The van der Waals surface area contributed by atoms with Crippen LogP contribution < -0.4 is 10.5 Å². The first-order valence-electron chi connectivity index (χ1n) is 8.93. The molecule has 0 saturated heterocycles. The Morgan fingerprint density at radius 1 is 1.13 bits per heavy atom. The molecule has 23 heavy (non-hydrogen) atoms. The first-order chi connectivity index (χ1) is 11.1. The molecule has 1 saturated carbocycles. The average molecular weight is 317 g/mol. The Labute approximate surface area is 138 Å². The zero-order valence-electron chi connectivity index (χ0n) is 13.7. The van der Waals surface area contributed by atoms with E-state index in [4.69, 9.17) is 10.5 Å². The quantitative estimate of drug-likeness (QED) is 0.821. The summed E-state index contributed by atoms with van der Waals surface area (Å²) in [5.41, 5.74) is 8.64. The minimum Gasteiger partial charge on any atom is -0.492 e. The molecule has 3 N–H and O–H groups in total. The first-order valence-corrected chi connectivity index (χ1v) is 8.93. The molecule has 0 bridgehead atoms. The summed E-state index contributed by atoms with van der Waals surface area (Å²) in [6, 6.07) is 3.63. The SMILES string of the molecule is NC1CCCCc2cc(OCC3CCCCC3)c(C(=O)O)cc21. The van der Waals surface area contributed by atoms with Crippen molar-refractivity contribution in [3.63, 3.8) is 0 Å². The minimum absolute atomic E-state index is 0.0574. The van der Waals surface area contributed by atoms with E-state index >= 15 is 0 Å². The van der Waals surface area contributed by atoms with E-state index in [0.29, 0.717) is 18.3 Å². The van der Waals surface area contributed by atoms with Crippen LogP contribution >= 0.6 is 0 Å². The maximum absolute atomic E-state index is 11.6. The molecule has 0 amide bonds. The lowest BCUT2D eigenvalue weighted by atomic mass is 9.90. The molecule has 3 rings (SSSR count). The van der Waals surface area contributed by atoms with Gasteiger partial charge in [-0.05, 0) is 61.3 Å². The second-order valence-electron chi connectivity index (χ2n) is 7.02. The number of nitrogens with two attached hydrogens (primary N) is 1. The molecular formula is C19H27NO3. The summed E-state index contributed by atoms with van der Waals surface area (Å²) in [6.07, 6.45) is 10.3. The molecular weight excluding hydrogens is 290 g/mol. The van der Waals surface area contributed by atoms with Gasteiger partial charge in [0.25, 0.3) is 0 Å². The molecule has 1 aromatic rings. The fourth-order valence-electron chi connectivity index (χ4n) is 3.88. The lowest BCUT2D eigenvalue weighted by Gasteiger charge is -2.23. The van der Waals surface area contributed by atoms with E-state index in [1.807, 2.05) is 6.07 Å². The van der Waals surface area contributed by atoms with E-state index in [1.165, 1.54) is 37.7 Å². The van der Waals surface area contributed by atoms with E-state index in [2.05, 4.69) is 0 Å². The van der Waals surface area contributed by atoms with E-state index in [0.717, 1.165) is 31.2 Å². The predicted molar refractivity (Wildman–Crippen MR) is 90.0 cm³/mol. The van der Waals surface area contributed by atoms with Crippen molar-refractivity contribution in [2.45, 2.75) is 63.8 Å². The Balaban J connectivity index is 1.82. The van der Waals surface area contributed by atoms with Crippen molar-refractivity contribution in [3.8, 4) is 5.75 Å². The maximum Gasteiger partial charge on any atom is 0.339 e. The van der Waals surface area contributed by atoms with Crippen molar-refractivity contribution in [2.75, 3.05) is 6.61 Å². The highest BCUT2D eigenvalue weighted by Crippen LogP contribution is 2.33. The van der Waals surface area contributed by atoms with Gasteiger partial charge in [0, 0.05) is 6.04 Å². The fraction of sp³-hybridized carbons (Fsp3) is 0.632. The molecule has 2 aliphatic rings. The highest BCUT2D eigenvalue weighted by atomic mass is 16.5. The zero-order chi connectivity index (χ0) is 16.2. The number of hydrogen-bond donors (Lipinski definition) is 2. The number of carboxylic acids is 1. The second kappa shape index (κ2) is 7.35. The van der Waals surface area contributed by atoms with Crippen molar-refractivity contribution >= 4 is 5.97 Å². The predicted octanol–water partition coefficient (Wildman–Crippen LogP) is 4.07. The molecule has 0 aromatic heterocycles. The maximum atomic E-state index is 11.6. The molecule has 0 aliphatic heterocycles. The first kappa shape index (κ1) is 16.3. The normalized spacial score (nSPS) is 22.2. The van der Waals surface area contributed by atoms with Gasteiger partial charge in [0.2, 0.25) is 0 Å². The monoisotopic (exact) mass is 317 g/mol. The van der Waals surface area contributed by atoms with Gasteiger partial charge in [-0.1, -0.05) is 25.7 Å². The number of benzene rings is 1. The lowest BCUT2D eigenvalue weighted by Crippen LogP contribution is -2.17. The molecule has 0 radical (unpaired) electrons. The molecule has 1 fully saturated rings. The van der Waals surface area contributed by atoms with Crippen LogP contribution in [0.15, 0.2) is 12.1 Å². The second-order valence-corrected chi connectivity index (χ2v) is 7.02. The molecule has 1 unspecified atom stereocenters. The zero-order valence-corrected chi connectivity index (χ0v) is 13.7. The molecule has 1 aromatic carbocycles. The largest absolute Gasteiger partial charge is 0.492 e. The van der Waals surface area contributed by atoms with Crippen LogP contribution in [0.5, 0.6) is 5.75 Å². The summed E-state index contributed by atoms with van der Waals surface area (Å²) in [4.78, 5) is 11.6. The third-order valence-corrected chi connectivity index (χ3v) is 5.28. The topological polar surface area (TPSA) is 72.5 Å². The van der Waals surface area contributed by atoms with Gasteiger partial charge in [0.15, 0.2) is 0 Å². The van der Waals surface area contributed by atoms with Gasteiger partial charge >= 0.3 is 5.97 Å². The van der Waals surface area contributed by atoms with Crippen LogP contribution in [0.1, 0.15) is 78.9 Å². The number of rotatable bonds is 4. The number of fused-ring (bicyclic) bond motifs is 1. The summed E-state index contributed by atoms with van der Waals surface area (Å²) < 4.78 is 5.96. The highest BCUT2D eigenvalue weighted by Gasteiger charge is 2.22. The fourth-order valence-corrected chi connectivity index (χ4v) is 3.88. The summed E-state index contributed by atoms with van der Waals surface area (Å²) in [6.45, 7) is 0.630. The third kappa shape index (κ3) is 3.86. The molecule has 2 aliphatic carbocycles. The van der Waals surface area contributed by atoms with Crippen LogP contribution in [0.3, 0.4) is 0 Å². The van der Waals surface area contributed by atoms with Crippen LogP contribution in [0.25, 0.3) is 0 Å². The number of carboxylic acid groups (broad SMARTS) is 1. The summed E-state index contributed by atoms with van der Waals surface area (Å²) in [5.74, 6) is 0.158. The van der Waals surface area contributed by atoms with Gasteiger partial charge in [-0.25, -0.2) is 4.79 Å². The Morgan fingerprint density at radius 3 is 2.61 bits per heavy atom. The smallest absolute Gasteiger partial charge is 0.339 e. The number of aromatic carboxylic acids is 1. The standard InChI is InChI=1S/C19H27NO3/c20-17-9-5-4-8-14-10-18(16(19(21)22)11-15(14)17)23-12-13-6-2-1-3-7-13/h10-11,13,17H,1-9,12,20H2,(H,21,22). The van der Waals surface area contributed by atoms with Crippen LogP contribution in [0, 0.1) is 5.92 Å². The van der Waals surface area contributed by atoms with Gasteiger partial charge < -0.3 is 15.6 Å². The number of carbonyl (C=O) groups is 1.